The van der Waals surface area contributed by atoms with Crippen LogP contribution < -0.4 is 5.32 Å². The molecule has 0 bridgehead atoms. The molecule has 2 aromatic carbocycles. The summed E-state index contributed by atoms with van der Waals surface area (Å²) in [6.07, 6.45) is 1.23. The molecular formula is C26H25F3N4S. The highest BCUT2D eigenvalue weighted by Gasteiger charge is 2.27. The molecule has 0 saturated heterocycles. The second-order valence-electron chi connectivity index (χ2n) is 6.95. The van der Waals surface area contributed by atoms with E-state index in [2.05, 4.69) is 27.1 Å². The Balaban J connectivity index is 0.00000158. The summed E-state index contributed by atoms with van der Waals surface area (Å²) in [6, 6.07) is 18.8. The smallest absolute Gasteiger partial charge is 0.376 e. The lowest BCUT2D eigenvalue weighted by atomic mass is 10.2. The van der Waals surface area contributed by atoms with Gasteiger partial charge in [0.1, 0.15) is 6.54 Å². The van der Waals surface area contributed by atoms with Gasteiger partial charge in [0.25, 0.3) is 0 Å². The summed E-state index contributed by atoms with van der Waals surface area (Å²) < 4.78 is 37.7. The molecule has 4 nitrogen and oxygen atoms in total. The van der Waals surface area contributed by atoms with E-state index in [9.17, 15) is 13.2 Å². The minimum atomic E-state index is -4.31. The summed E-state index contributed by atoms with van der Waals surface area (Å²) in [5.74, 6) is 0. The number of nitrogens with zero attached hydrogens (tertiary/aromatic N) is 2. The van der Waals surface area contributed by atoms with Crippen LogP contribution in [-0.4, -0.2) is 27.9 Å². The van der Waals surface area contributed by atoms with Crippen LogP contribution in [0.5, 0.6) is 0 Å². The van der Waals surface area contributed by atoms with Crippen molar-refractivity contribution in [1.82, 2.24) is 20.5 Å². The lowest BCUT2D eigenvalue weighted by Crippen LogP contribution is -2.27. The first-order valence-corrected chi connectivity index (χ1v) is 11.5. The van der Waals surface area contributed by atoms with Crippen LogP contribution in [0.4, 0.5) is 13.2 Å². The molecule has 0 radical (unpaired) electrons. The molecule has 0 unspecified atom stereocenters. The number of H-pyrrole nitrogens is 1. The number of hydrogen-bond donors (Lipinski definition) is 2. The molecule has 0 aliphatic rings. The Morgan fingerprint density at radius 3 is 2.56 bits per heavy atom. The van der Waals surface area contributed by atoms with Crippen LogP contribution in [0.2, 0.25) is 0 Å². The van der Waals surface area contributed by atoms with Gasteiger partial charge in [0.15, 0.2) is 0 Å². The van der Waals surface area contributed by atoms with E-state index in [1.54, 1.807) is 18.3 Å². The fourth-order valence-corrected chi connectivity index (χ4v) is 4.10. The molecule has 4 rings (SSSR count). The van der Waals surface area contributed by atoms with Gasteiger partial charge in [-0.15, -0.1) is 0 Å². The van der Waals surface area contributed by atoms with Crippen LogP contribution in [0.25, 0.3) is 28.8 Å². The lowest BCUT2D eigenvalue weighted by Gasteiger charge is -2.15. The number of benzene rings is 2. The van der Waals surface area contributed by atoms with Crippen molar-refractivity contribution >= 4 is 40.5 Å². The van der Waals surface area contributed by atoms with Gasteiger partial charge in [-0.3, -0.25) is 10.1 Å². The lowest BCUT2D eigenvalue weighted by molar-refractivity contribution is -0.122. The molecule has 2 N–H and O–H groups in total. The zero-order valence-electron chi connectivity index (χ0n) is 18.9. The first-order valence-electron chi connectivity index (χ1n) is 10.7. The SMILES string of the molecule is C=C(NCC(F)(F)F)c1ccccc1Sc1ccc2c(/C=C/c3ccccn3)n[nH]c2c1.CC. The highest BCUT2D eigenvalue weighted by molar-refractivity contribution is 7.99. The normalized spacial score (nSPS) is 11.3. The third-order valence-electron chi connectivity index (χ3n) is 4.61. The molecule has 0 aliphatic heterocycles. The maximum absolute atomic E-state index is 12.6. The summed E-state index contributed by atoms with van der Waals surface area (Å²) in [7, 11) is 0. The van der Waals surface area contributed by atoms with Crippen molar-refractivity contribution in [1.29, 1.82) is 0 Å². The number of hydrogen-bond acceptors (Lipinski definition) is 4. The van der Waals surface area contributed by atoms with E-state index in [-0.39, 0.29) is 5.70 Å². The predicted molar refractivity (Wildman–Crippen MR) is 134 cm³/mol. The zero-order valence-corrected chi connectivity index (χ0v) is 19.7. The standard InChI is InChI=1S/C24H19F3N4S.C2H6/c1-16(29-15-24(25,26)27)19-7-2-3-8-23(19)32-18-10-11-20-21(30-31-22(20)14-18)12-9-17-6-4-5-13-28-17;1-2/h2-14,29H,1,15H2,(H,30,31);1-2H3/b12-9+;. The first-order chi connectivity index (χ1) is 16.4. The second-order valence-corrected chi connectivity index (χ2v) is 8.07. The number of aromatic nitrogens is 3. The zero-order chi connectivity index (χ0) is 24.6. The van der Waals surface area contributed by atoms with Crippen LogP contribution in [0.1, 0.15) is 30.8 Å². The van der Waals surface area contributed by atoms with Crippen molar-refractivity contribution < 1.29 is 13.2 Å². The Labute approximate surface area is 201 Å². The summed E-state index contributed by atoms with van der Waals surface area (Å²) in [6.45, 7) is 6.65. The third-order valence-corrected chi connectivity index (χ3v) is 5.67. The minimum Gasteiger partial charge on any atom is -0.376 e. The van der Waals surface area contributed by atoms with Gasteiger partial charge < -0.3 is 5.32 Å². The molecular weight excluding hydrogens is 457 g/mol. The summed E-state index contributed by atoms with van der Waals surface area (Å²) >= 11 is 1.45. The van der Waals surface area contributed by atoms with Crippen LogP contribution in [0.3, 0.4) is 0 Å². The fraction of sp³-hybridized carbons (Fsp3) is 0.154. The van der Waals surface area contributed by atoms with Crippen molar-refractivity contribution in [2.75, 3.05) is 6.54 Å². The van der Waals surface area contributed by atoms with E-state index in [1.807, 2.05) is 74.5 Å². The first kappa shape index (κ1) is 25.1. The Morgan fingerprint density at radius 2 is 1.82 bits per heavy atom. The molecule has 2 heterocycles. The maximum atomic E-state index is 12.6. The summed E-state index contributed by atoms with van der Waals surface area (Å²) in [5.41, 5.74) is 3.36. The molecule has 0 saturated carbocycles. The van der Waals surface area contributed by atoms with E-state index >= 15 is 0 Å². The van der Waals surface area contributed by atoms with Gasteiger partial charge in [-0.05, 0) is 48.6 Å². The monoisotopic (exact) mass is 482 g/mol. The van der Waals surface area contributed by atoms with E-state index < -0.39 is 12.7 Å². The van der Waals surface area contributed by atoms with E-state index in [4.69, 9.17) is 0 Å². The van der Waals surface area contributed by atoms with Crippen LogP contribution in [0.15, 0.2) is 83.2 Å². The molecule has 34 heavy (non-hydrogen) atoms. The maximum Gasteiger partial charge on any atom is 0.405 e. The highest BCUT2D eigenvalue weighted by Crippen LogP contribution is 2.34. The van der Waals surface area contributed by atoms with Gasteiger partial charge in [0.2, 0.25) is 0 Å². The quantitative estimate of drug-likeness (QED) is 0.288. The van der Waals surface area contributed by atoms with Crippen molar-refractivity contribution in [3.63, 3.8) is 0 Å². The van der Waals surface area contributed by atoms with Gasteiger partial charge in [-0.2, -0.15) is 18.3 Å². The van der Waals surface area contributed by atoms with Crippen LogP contribution in [-0.2, 0) is 0 Å². The molecule has 176 valence electrons. The largest absolute Gasteiger partial charge is 0.405 e. The van der Waals surface area contributed by atoms with Crippen molar-refractivity contribution in [3.8, 4) is 0 Å². The van der Waals surface area contributed by atoms with Gasteiger partial charge in [-0.1, -0.05) is 56.5 Å². The number of fused-ring (bicyclic) bond motifs is 1. The summed E-state index contributed by atoms with van der Waals surface area (Å²) in [4.78, 5) is 6.00. The number of alkyl halides is 3. The molecule has 0 aliphatic carbocycles. The number of aromatic amines is 1. The molecule has 0 fully saturated rings. The highest BCUT2D eigenvalue weighted by atomic mass is 32.2. The molecule has 2 aromatic heterocycles. The second kappa shape index (κ2) is 11.6. The fourth-order valence-electron chi connectivity index (χ4n) is 3.08. The average molecular weight is 483 g/mol. The number of pyridine rings is 1. The Bertz CT molecular complexity index is 1260. The van der Waals surface area contributed by atoms with E-state index in [1.165, 1.54) is 11.8 Å². The molecule has 0 atom stereocenters. The number of rotatable bonds is 7. The Kier molecular flexibility index (Phi) is 8.54. The van der Waals surface area contributed by atoms with Crippen molar-refractivity contribution in [2.45, 2.75) is 29.8 Å². The number of halogens is 3. The predicted octanol–water partition coefficient (Wildman–Crippen LogP) is 7.43. The Morgan fingerprint density at radius 1 is 1.06 bits per heavy atom. The van der Waals surface area contributed by atoms with E-state index in [0.717, 1.165) is 32.1 Å². The van der Waals surface area contributed by atoms with Crippen LogP contribution >= 0.6 is 11.8 Å². The van der Waals surface area contributed by atoms with Gasteiger partial charge in [0, 0.05) is 32.6 Å². The topological polar surface area (TPSA) is 53.6 Å². The van der Waals surface area contributed by atoms with Gasteiger partial charge in [0.05, 0.1) is 16.9 Å². The molecule has 0 amide bonds. The average Bonchev–Trinajstić information content (AvgIpc) is 3.25. The summed E-state index contributed by atoms with van der Waals surface area (Å²) in [5, 5.41) is 10.7. The van der Waals surface area contributed by atoms with Crippen molar-refractivity contribution in [3.05, 3.63) is 90.4 Å². The third kappa shape index (κ3) is 6.74. The van der Waals surface area contributed by atoms with E-state index in [0.29, 0.717) is 5.56 Å². The number of nitrogens with one attached hydrogen (secondary N) is 2. The minimum absolute atomic E-state index is 0.231. The van der Waals surface area contributed by atoms with Crippen LogP contribution in [0, 0.1) is 0 Å². The molecule has 0 spiro atoms. The Hall–Kier alpha value is -3.52. The molecule has 8 heteroatoms. The van der Waals surface area contributed by atoms with Gasteiger partial charge in [-0.25, -0.2) is 0 Å². The molecule has 4 aromatic rings. The van der Waals surface area contributed by atoms with Gasteiger partial charge >= 0.3 is 6.18 Å². The van der Waals surface area contributed by atoms with Crippen molar-refractivity contribution in [2.24, 2.45) is 0 Å².